The molecule has 1 aliphatic heterocycles. The second-order valence-corrected chi connectivity index (χ2v) is 4.82. The van der Waals surface area contributed by atoms with Gasteiger partial charge >= 0.3 is 0 Å². The number of nitrogens with one attached hydrogen (secondary N) is 1. The van der Waals surface area contributed by atoms with Gasteiger partial charge in [0.15, 0.2) is 0 Å². The van der Waals surface area contributed by atoms with Gasteiger partial charge in [0.2, 0.25) is 0 Å². The first-order valence-corrected chi connectivity index (χ1v) is 5.87. The molecule has 3 heteroatoms. The number of rotatable bonds is 2. The molecule has 1 heterocycles. The van der Waals surface area contributed by atoms with Crippen molar-refractivity contribution in [3.63, 3.8) is 0 Å². The monoisotopic (exact) mass is 208 g/mol. The largest absolute Gasteiger partial charge is 0.313 e. The maximum Gasteiger partial charge on any atom is 0.0728 e. The minimum Gasteiger partial charge on any atom is -0.313 e. The van der Waals surface area contributed by atoms with E-state index >= 15 is 0 Å². The third kappa shape index (κ3) is 2.50. The zero-order valence-electron chi connectivity index (χ0n) is 8.44. The Morgan fingerprint density at radius 2 is 2.14 bits per heavy atom. The average Bonchev–Trinajstić information content (AvgIpc) is 2.23. The molecular weight excluding hydrogens is 192 g/mol. The Bertz CT molecular complexity index is 276. The van der Waals surface area contributed by atoms with Crippen LogP contribution < -0.4 is 5.32 Å². The highest BCUT2D eigenvalue weighted by molar-refractivity contribution is 7.99. The number of benzene rings is 1. The van der Waals surface area contributed by atoms with E-state index in [1.165, 1.54) is 4.90 Å². The van der Waals surface area contributed by atoms with Crippen LogP contribution in [0, 0.1) is 0 Å². The number of piperazine rings is 1. The molecule has 0 radical (unpaired) electrons. The van der Waals surface area contributed by atoms with Crippen molar-refractivity contribution in [2.45, 2.75) is 10.3 Å². The average molecular weight is 208 g/mol. The van der Waals surface area contributed by atoms with E-state index in [0.29, 0.717) is 5.37 Å². The zero-order chi connectivity index (χ0) is 9.80. The van der Waals surface area contributed by atoms with Crippen molar-refractivity contribution in [3.8, 4) is 0 Å². The van der Waals surface area contributed by atoms with Crippen LogP contribution in [0.3, 0.4) is 0 Å². The molecule has 0 spiro atoms. The lowest BCUT2D eigenvalue weighted by molar-refractivity contribution is 0.266. The zero-order valence-corrected chi connectivity index (χ0v) is 9.26. The van der Waals surface area contributed by atoms with Gasteiger partial charge in [0.25, 0.3) is 0 Å². The summed E-state index contributed by atoms with van der Waals surface area (Å²) in [6.07, 6.45) is 0. The summed E-state index contributed by atoms with van der Waals surface area (Å²) in [7, 11) is 2.20. The van der Waals surface area contributed by atoms with Crippen LogP contribution in [0.15, 0.2) is 35.2 Å². The van der Waals surface area contributed by atoms with Gasteiger partial charge in [-0.15, -0.1) is 11.8 Å². The highest BCUT2D eigenvalue weighted by Gasteiger charge is 2.18. The minimum absolute atomic E-state index is 0.575. The summed E-state index contributed by atoms with van der Waals surface area (Å²) in [5.74, 6) is 0. The maximum absolute atomic E-state index is 3.42. The van der Waals surface area contributed by atoms with Crippen LogP contribution >= 0.6 is 11.8 Å². The van der Waals surface area contributed by atoms with Gasteiger partial charge in [-0.25, -0.2) is 0 Å². The van der Waals surface area contributed by atoms with Crippen LogP contribution in [0.5, 0.6) is 0 Å². The third-order valence-electron chi connectivity index (χ3n) is 2.47. The number of hydrogen-bond donors (Lipinski definition) is 1. The number of nitrogens with zero attached hydrogens (tertiary/aromatic N) is 1. The van der Waals surface area contributed by atoms with Crippen LogP contribution in [0.2, 0.25) is 0 Å². The molecular formula is C11H16N2S. The Hall–Kier alpha value is -0.510. The fourth-order valence-electron chi connectivity index (χ4n) is 1.57. The first kappa shape index (κ1) is 10.0. The van der Waals surface area contributed by atoms with E-state index in [2.05, 4.69) is 47.6 Å². The molecule has 1 saturated heterocycles. The standard InChI is InChI=1S/C11H16N2S/c1-13-8-7-12-9-11(13)14-10-5-3-2-4-6-10/h2-6,11-12H,7-9H2,1H3. The molecule has 0 saturated carbocycles. The molecule has 0 aromatic heterocycles. The summed E-state index contributed by atoms with van der Waals surface area (Å²) in [5, 5.41) is 4.00. The van der Waals surface area contributed by atoms with E-state index in [-0.39, 0.29) is 0 Å². The lowest BCUT2D eigenvalue weighted by Gasteiger charge is -2.32. The molecule has 1 atom stereocenters. The van der Waals surface area contributed by atoms with Gasteiger partial charge in [-0.2, -0.15) is 0 Å². The smallest absolute Gasteiger partial charge is 0.0728 e. The highest BCUT2D eigenvalue weighted by atomic mass is 32.2. The Balaban J connectivity index is 1.96. The summed E-state index contributed by atoms with van der Waals surface area (Å²) < 4.78 is 0. The fraction of sp³-hybridized carbons (Fsp3) is 0.455. The SMILES string of the molecule is CN1CCNCC1Sc1ccccc1. The minimum atomic E-state index is 0.575. The van der Waals surface area contributed by atoms with Crippen molar-refractivity contribution < 1.29 is 0 Å². The maximum atomic E-state index is 3.42. The second kappa shape index (κ2) is 4.82. The van der Waals surface area contributed by atoms with Crippen molar-refractivity contribution in [3.05, 3.63) is 30.3 Å². The highest BCUT2D eigenvalue weighted by Crippen LogP contribution is 2.25. The Morgan fingerprint density at radius 3 is 2.86 bits per heavy atom. The van der Waals surface area contributed by atoms with Crippen molar-refractivity contribution in [2.75, 3.05) is 26.7 Å². The van der Waals surface area contributed by atoms with Crippen LogP contribution in [0.1, 0.15) is 0 Å². The fourth-order valence-corrected chi connectivity index (χ4v) is 2.68. The van der Waals surface area contributed by atoms with Crippen molar-refractivity contribution in [1.82, 2.24) is 10.2 Å². The third-order valence-corrected chi connectivity index (χ3v) is 3.81. The molecule has 1 aliphatic rings. The summed E-state index contributed by atoms with van der Waals surface area (Å²) in [5.41, 5.74) is 0. The van der Waals surface area contributed by atoms with Crippen LogP contribution in [0.4, 0.5) is 0 Å². The van der Waals surface area contributed by atoms with Gasteiger partial charge in [-0.3, -0.25) is 4.90 Å². The first-order chi connectivity index (χ1) is 6.86. The predicted molar refractivity (Wildman–Crippen MR) is 61.6 cm³/mol. The van der Waals surface area contributed by atoms with Crippen LogP contribution in [-0.2, 0) is 0 Å². The summed E-state index contributed by atoms with van der Waals surface area (Å²) in [6, 6.07) is 10.6. The second-order valence-electron chi connectivity index (χ2n) is 3.57. The molecule has 0 amide bonds. The number of likely N-dealkylation sites (N-methyl/N-ethyl adjacent to an activating group) is 1. The van der Waals surface area contributed by atoms with Gasteiger partial charge < -0.3 is 5.32 Å². The lowest BCUT2D eigenvalue weighted by Crippen LogP contribution is -2.47. The number of thioether (sulfide) groups is 1. The van der Waals surface area contributed by atoms with Gasteiger partial charge in [0.05, 0.1) is 5.37 Å². The van der Waals surface area contributed by atoms with E-state index in [1.807, 2.05) is 11.8 Å². The normalized spacial score (nSPS) is 23.6. The quantitative estimate of drug-likeness (QED) is 0.795. The van der Waals surface area contributed by atoms with Crippen LogP contribution in [0.25, 0.3) is 0 Å². The van der Waals surface area contributed by atoms with Crippen LogP contribution in [-0.4, -0.2) is 37.0 Å². The van der Waals surface area contributed by atoms with E-state index < -0.39 is 0 Å². The van der Waals surface area contributed by atoms with E-state index in [1.54, 1.807) is 0 Å². The van der Waals surface area contributed by atoms with Gasteiger partial charge in [0.1, 0.15) is 0 Å². The topological polar surface area (TPSA) is 15.3 Å². The molecule has 1 aromatic carbocycles. The Morgan fingerprint density at radius 1 is 1.36 bits per heavy atom. The van der Waals surface area contributed by atoms with Crippen molar-refractivity contribution in [2.24, 2.45) is 0 Å². The lowest BCUT2D eigenvalue weighted by atomic mass is 10.4. The summed E-state index contributed by atoms with van der Waals surface area (Å²) >= 11 is 1.94. The van der Waals surface area contributed by atoms with Gasteiger partial charge in [0, 0.05) is 24.5 Å². The Kier molecular flexibility index (Phi) is 3.45. The Labute approximate surface area is 89.7 Å². The van der Waals surface area contributed by atoms with E-state index in [9.17, 15) is 0 Å². The van der Waals surface area contributed by atoms with E-state index in [4.69, 9.17) is 0 Å². The molecule has 1 unspecified atom stereocenters. The van der Waals surface area contributed by atoms with Gasteiger partial charge in [-0.05, 0) is 19.2 Å². The molecule has 0 bridgehead atoms. The molecule has 14 heavy (non-hydrogen) atoms. The van der Waals surface area contributed by atoms with Crippen molar-refractivity contribution >= 4 is 11.8 Å². The molecule has 1 fully saturated rings. The van der Waals surface area contributed by atoms with Gasteiger partial charge in [-0.1, -0.05) is 18.2 Å². The first-order valence-electron chi connectivity index (χ1n) is 4.99. The molecule has 0 aliphatic carbocycles. The molecule has 2 rings (SSSR count). The molecule has 2 nitrogen and oxygen atoms in total. The molecule has 1 N–H and O–H groups in total. The van der Waals surface area contributed by atoms with E-state index in [0.717, 1.165) is 19.6 Å². The molecule has 76 valence electrons. The molecule has 1 aromatic rings. The summed E-state index contributed by atoms with van der Waals surface area (Å²) in [4.78, 5) is 3.77. The predicted octanol–water partition coefficient (Wildman–Crippen LogP) is 1.64. The summed E-state index contributed by atoms with van der Waals surface area (Å²) in [6.45, 7) is 3.34. The van der Waals surface area contributed by atoms with Crippen molar-refractivity contribution in [1.29, 1.82) is 0 Å². The number of hydrogen-bond acceptors (Lipinski definition) is 3.